The van der Waals surface area contributed by atoms with Crippen molar-refractivity contribution in [1.82, 2.24) is 9.79 Å². The first-order valence-electron chi connectivity index (χ1n) is 7.49. The zero-order valence-corrected chi connectivity index (χ0v) is 14.5. The van der Waals surface area contributed by atoms with Gasteiger partial charge in [-0.15, -0.1) is 0 Å². The van der Waals surface area contributed by atoms with Crippen molar-refractivity contribution < 1.29 is 32.4 Å². The quantitative estimate of drug-likeness (QED) is 0.644. The fourth-order valence-corrected chi connectivity index (χ4v) is 2.82. The van der Waals surface area contributed by atoms with E-state index in [4.69, 9.17) is 9.57 Å². The lowest BCUT2D eigenvalue weighted by Gasteiger charge is -2.13. The van der Waals surface area contributed by atoms with Crippen molar-refractivity contribution in [2.75, 3.05) is 18.9 Å². The Balaban J connectivity index is 1.87. The minimum absolute atomic E-state index is 0.0273. The maximum atomic E-state index is 12.0. The van der Waals surface area contributed by atoms with Gasteiger partial charge < -0.3 is 9.57 Å². The van der Waals surface area contributed by atoms with E-state index in [1.54, 1.807) is 26.0 Å². The summed E-state index contributed by atoms with van der Waals surface area (Å²) in [5.74, 6) is -2.96. The Morgan fingerprint density at radius 1 is 1.16 bits per heavy atom. The molecule has 1 N–H and O–H groups in total. The van der Waals surface area contributed by atoms with Gasteiger partial charge in [0.15, 0.2) is 0 Å². The highest BCUT2D eigenvalue weighted by Crippen LogP contribution is 2.22. The van der Waals surface area contributed by atoms with Gasteiger partial charge in [-0.1, -0.05) is 17.2 Å². The van der Waals surface area contributed by atoms with E-state index in [2.05, 4.69) is 0 Å². The van der Waals surface area contributed by atoms with E-state index in [1.807, 2.05) is 4.72 Å². The lowest BCUT2D eigenvalue weighted by atomic mass is 10.1. The number of ether oxygens (including phenoxy) is 1. The van der Waals surface area contributed by atoms with Crippen molar-refractivity contribution in [3.05, 3.63) is 35.4 Å². The van der Waals surface area contributed by atoms with Gasteiger partial charge in [0.05, 0.1) is 29.6 Å². The van der Waals surface area contributed by atoms with E-state index in [1.165, 1.54) is 12.1 Å². The summed E-state index contributed by atoms with van der Waals surface area (Å²) in [7, 11) is -3.75. The molecule has 0 aromatic heterocycles. The molecule has 0 aliphatic carbocycles. The molecule has 0 radical (unpaired) electrons. The van der Waals surface area contributed by atoms with Crippen molar-refractivity contribution in [2.45, 2.75) is 20.0 Å². The number of carbonyl (C=O) groups excluding carboxylic acids is 3. The van der Waals surface area contributed by atoms with Crippen LogP contribution in [-0.4, -0.2) is 56.3 Å². The van der Waals surface area contributed by atoms with Crippen LogP contribution in [0.15, 0.2) is 24.3 Å². The van der Waals surface area contributed by atoms with Gasteiger partial charge in [0, 0.05) is 0 Å². The Morgan fingerprint density at radius 3 is 2.24 bits per heavy atom. The standard InChI is InChI=1S/C15H18N2O7S/c1-10(2)23-7-8-25(21,22)16-9-13(18)24-17-14(19)11-5-3-4-6-12(11)15(17)20/h3-6,10,16H,7-9H2,1-2H3. The molecule has 2 rings (SSSR count). The lowest BCUT2D eigenvalue weighted by Crippen LogP contribution is -2.39. The molecule has 9 nitrogen and oxygen atoms in total. The van der Waals surface area contributed by atoms with E-state index in [0.29, 0.717) is 5.06 Å². The topological polar surface area (TPSA) is 119 Å². The Labute approximate surface area is 144 Å². The normalized spacial score (nSPS) is 14.1. The second-order valence-electron chi connectivity index (χ2n) is 5.47. The molecule has 1 aliphatic heterocycles. The van der Waals surface area contributed by atoms with Crippen molar-refractivity contribution in [1.29, 1.82) is 0 Å². The molecule has 10 heteroatoms. The third-order valence-corrected chi connectivity index (χ3v) is 4.48. The Kier molecular flexibility index (Phi) is 5.88. The van der Waals surface area contributed by atoms with Crippen LogP contribution in [0.2, 0.25) is 0 Å². The zero-order chi connectivity index (χ0) is 18.6. The molecule has 0 atom stereocenters. The molecule has 1 aromatic carbocycles. The molecular formula is C15H18N2O7S. The fourth-order valence-electron chi connectivity index (χ4n) is 2.02. The van der Waals surface area contributed by atoms with Gasteiger partial charge in [-0.2, -0.15) is 0 Å². The third-order valence-electron chi connectivity index (χ3n) is 3.19. The number of sulfonamides is 1. The number of rotatable bonds is 8. The van der Waals surface area contributed by atoms with Crippen LogP contribution in [0, 0.1) is 0 Å². The highest BCUT2D eigenvalue weighted by Gasteiger charge is 2.38. The van der Waals surface area contributed by atoms with E-state index in [9.17, 15) is 22.8 Å². The molecule has 0 saturated heterocycles. The van der Waals surface area contributed by atoms with Gasteiger partial charge >= 0.3 is 5.97 Å². The number of benzene rings is 1. The van der Waals surface area contributed by atoms with E-state index in [0.717, 1.165) is 0 Å². The number of imide groups is 1. The van der Waals surface area contributed by atoms with Crippen LogP contribution in [0.1, 0.15) is 34.6 Å². The Hall–Kier alpha value is -2.30. The number of hydroxylamine groups is 2. The van der Waals surface area contributed by atoms with Crippen LogP contribution >= 0.6 is 0 Å². The molecule has 0 spiro atoms. The Bertz CT molecular complexity index is 754. The van der Waals surface area contributed by atoms with Gasteiger partial charge in [0.1, 0.15) is 6.54 Å². The third kappa shape index (κ3) is 4.84. The smallest absolute Gasteiger partial charge is 0.347 e. The number of nitrogens with zero attached hydrogens (tertiary/aromatic N) is 1. The summed E-state index contributed by atoms with van der Waals surface area (Å²) in [6.07, 6.45) is -0.117. The summed E-state index contributed by atoms with van der Waals surface area (Å²) in [6, 6.07) is 6.01. The first-order chi connectivity index (χ1) is 11.7. The fraction of sp³-hybridized carbons (Fsp3) is 0.400. The predicted molar refractivity (Wildman–Crippen MR) is 85.9 cm³/mol. The number of hydrogen-bond donors (Lipinski definition) is 1. The molecule has 1 heterocycles. The number of carbonyl (C=O) groups is 3. The van der Waals surface area contributed by atoms with Crippen LogP contribution in [0.25, 0.3) is 0 Å². The average molecular weight is 370 g/mol. The van der Waals surface area contributed by atoms with Crippen LogP contribution in [0.4, 0.5) is 0 Å². The maximum Gasteiger partial charge on any atom is 0.347 e. The summed E-state index contributed by atoms with van der Waals surface area (Å²) in [5.41, 5.74) is 0.235. The van der Waals surface area contributed by atoms with E-state index >= 15 is 0 Å². The Morgan fingerprint density at radius 2 is 1.72 bits per heavy atom. The summed E-state index contributed by atoms with van der Waals surface area (Å²) < 4.78 is 30.6. The predicted octanol–water partition coefficient (Wildman–Crippen LogP) is 0.0852. The molecule has 0 unspecified atom stereocenters. The minimum atomic E-state index is -3.75. The molecule has 2 amide bonds. The molecule has 136 valence electrons. The van der Waals surface area contributed by atoms with Crippen molar-refractivity contribution in [3.8, 4) is 0 Å². The molecule has 0 saturated carbocycles. The molecule has 0 bridgehead atoms. The second-order valence-corrected chi connectivity index (χ2v) is 7.40. The number of fused-ring (bicyclic) bond motifs is 1. The lowest BCUT2D eigenvalue weighted by molar-refractivity contribution is -0.166. The number of hydrogen-bond acceptors (Lipinski definition) is 7. The zero-order valence-electron chi connectivity index (χ0n) is 13.7. The second kappa shape index (κ2) is 7.72. The van der Waals surface area contributed by atoms with Gasteiger partial charge in [-0.05, 0) is 26.0 Å². The van der Waals surface area contributed by atoms with Crippen molar-refractivity contribution in [3.63, 3.8) is 0 Å². The average Bonchev–Trinajstić information content (AvgIpc) is 2.78. The molecular weight excluding hydrogens is 352 g/mol. The van der Waals surface area contributed by atoms with Crippen LogP contribution < -0.4 is 4.72 Å². The first-order valence-corrected chi connectivity index (χ1v) is 9.14. The van der Waals surface area contributed by atoms with E-state index < -0.39 is 34.4 Å². The number of amides is 2. The SMILES string of the molecule is CC(C)OCCS(=O)(=O)NCC(=O)ON1C(=O)c2ccccc2C1=O. The van der Waals surface area contributed by atoms with Crippen LogP contribution in [0.5, 0.6) is 0 Å². The van der Waals surface area contributed by atoms with Crippen LogP contribution in [0.3, 0.4) is 0 Å². The number of nitrogens with one attached hydrogen (secondary N) is 1. The molecule has 1 aromatic rings. The molecule has 25 heavy (non-hydrogen) atoms. The minimum Gasteiger partial charge on any atom is -0.378 e. The summed E-state index contributed by atoms with van der Waals surface area (Å²) in [4.78, 5) is 40.5. The van der Waals surface area contributed by atoms with Gasteiger partial charge in [0.25, 0.3) is 11.8 Å². The van der Waals surface area contributed by atoms with Crippen molar-refractivity contribution >= 4 is 27.8 Å². The first kappa shape index (κ1) is 19.0. The maximum absolute atomic E-state index is 12.0. The van der Waals surface area contributed by atoms with E-state index in [-0.39, 0.29) is 29.6 Å². The molecule has 1 aliphatic rings. The summed E-state index contributed by atoms with van der Waals surface area (Å²) in [6.45, 7) is 2.79. The monoisotopic (exact) mass is 370 g/mol. The van der Waals surface area contributed by atoms with Crippen molar-refractivity contribution in [2.24, 2.45) is 0 Å². The van der Waals surface area contributed by atoms with Gasteiger partial charge in [-0.25, -0.2) is 17.9 Å². The largest absolute Gasteiger partial charge is 0.378 e. The summed E-state index contributed by atoms with van der Waals surface area (Å²) >= 11 is 0. The van der Waals surface area contributed by atoms with Crippen LogP contribution in [-0.2, 0) is 24.4 Å². The van der Waals surface area contributed by atoms with Gasteiger partial charge in [0.2, 0.25) is 10.0 Å². The van der Waals surface area contributed by atoms with Gasteiger partial charge in [-0.3, -0.25) is 9.59 Å². The highest BCUT2D eigenvalue weighted by molar-refractivity contribution is 7.89. The summed E-state index contributed by atoms with van der Waals surface area (Å²) in [5, 5.41) is 0.323. The molecule has 0 fully saturated rings. The highest BCUT2D eigenvalue weighted by atomic mass is 32.2.